The predicted molar refractivity (Wildman–Crippen MR) is 80.2 cm³/mol. The molecule has 0 radical (unpaired) electrons. The molecule has 6 heteroatoms. The van der Waals surface area contributed by atoms with Gasteiger partial charge in [-0.3, -0.25) is 0 Å². The summed E-state index contributed by atoms with van der Waals surface area (Å²) in [5.41, 5.74) is 0. The Bertz CT molecular complexity index is 520. The SMILES string of the molecule is CC(C)CCNc1ccc(S(=O)(=O)N2CCCC2)cn1. The molecular formula is C14H23N3O2S. The first-order chi connectivity index (χ1) is 9.50. The summed E-state index contributed by atoms with van der Waals surface area (Å²) in [5.74, 6) is 1.36. The molecule has 5 nitrogen and oxygen atoms in total. The van der Waals surface area contributed by atoms with Crippen LogP contribution >= 0.6 is 0 Å². The summed E-state index contributed by atoms with van der Waals surface area (Å²) < 4.78 is 26.2. The van der Waals surface area contributed by atoms with E-state index in [-0.39, 0.29) is 4.90 Å². The summed E-state index contributed by atoms with van der Waals surface area (Å²) in [6.45, 7) is 6.43. The van der Waals surface area contributed by atoms with Gasteiger partial charge in [-0.15, -0.1) is 0 Å². The van der Waals surface area contributed by atoms with Crippen molar-refractivity contribution in [3.63, 3.8) is 0 Å². The van der Waals surface area contributed by atoms with Crippen LogP contribution in [0.25, 0.3) is 0 Å². The van der Waals surface area contributed by atoms with Gasteiger partial charge in [-0.05, 0) is 37.3 Å². The van der Waals surface area contributed by atoms with Gasteiger partial charge in [-0.2, -0.15) is 4.31 Å². The number of rotatable bonds is 6. The lowest BCUT2D eigenvalue weighted by molar-refractivity contribution is 0.477. The Morgan fingerprint density at radius 2 is 2.00 bits per heavy atom. The zero-order valence-corrected chi connectivity index (χ0v) is 13.0. The second-order valence-electron chi connectivity index (χ2n) is 5.60. The maximum atomic E-state index is 12.3. The van der Waals surface area contributed by atoms with Crippen molar-refractivity contribution in [3.05, 3.63) is 18.3 Å². The standard InChI is InChI=1S/C14H23N3O2S/c1-12(2)7-8-15-14-6-5-13(11-16-14)20(18,19)17-9-3-4-10-17/h5-6,11-12H,3-4,7-10H2,1-2H3,(H,15,16). The topological polar surface area (TPSA) is 62.3 Å². The highest BCUT2D eigenvalue weighted by Gasteiger charge is 2.27. The molecule has 0 aromatic carbocycles. The monoisotopic (exact) mass is 297 g/mol. The van der Waals surface area contributed by atoms with Gasteiger partial charge in [-0.1, -0.05) is 13.8 Å². The summed E-state index contributed by atoms with van der Waals surface area (Å²) in [5, 5.41) is 3.20. The third-order valence-corrected chi connectivity index (χ3v) is 5.35. The Morgan fingerprint density at radius 1 is 1.30 bits per heavy atom. The van der Waals surface area contributed by atoms with Crippen molar-refractivity contribution in [2.75, 3.05) is 25.0 Å². The minimum absolute atomic E-state index is 0.286. The molecular weight excluding hydrogens is 274 g/mol. The smallest absolute Gasteiger partial charge is 0.244 e. The number of nitrogens with one attached hydrogen (secondary N) is 1. The van der Waals surface area contributed by atoms with Crippen LogP contribution in [0.5, 0.6) is 0 Å². The lowest BCUT2D eigenvalue weighted by atomic mass is 10.1. The summed E-state index contributed by atoms with van der Waals surface area (Å²) in [6, 6.07) is 3.38. The molecule has 0 spiro atoms. The Labute approximate surface area is 121 Å². The molecule has 1 fully saturated rings. The largest absolute Gasteiger partial charge is 0.370 e. The second kappa shape index (κ2) is 6.54. The van der Waals surface area contributed by atoms with Crippen LogP contribution in [0.2, 0.25) is 0 Å². The third kappa shape index (κ3) is 3.70. The second-order valence-corrected chi connectivity index (χ2v) is 7.54. The van der Waals surface area contributed by atoms with Gasteiger partial charge in [0.05, 0.1) is 0 Å². The number of nitrogens with zero attached hydrogens (tertiary/aromatic N) is 2. The maximum absolute atomic E-state index is 12.3. The lowest BCUT2D eigenvalue weighted by Gasteiger charge is -2.15. The van der Waals surface area contributed by atoms with Crippen LogP contribution in [0.4, 0.5) is 5.82 Å². The first-order valence-electron chi connectivity index (χ1n) is 7.20. The van der Waals surface area contributed by atoms with Crippen molar-refractivity contribution in [2.45, 2.75) is 38.0 Å². The third-order valence-electron chi connectivity index (χ3n) is 3.47. The minimum Gasteiger partial charge on any atom is -0.370 e. The van der Waals surface area contributed by atoms with Crippen molar-refractivity contribution in [2.24, 2.45) is 5.92 Å². The van der Waals surface area contributed by atoms with Crippen molar-refractivity contribution in [3.8, 4) is 0 Å². The molecule has 0 atom stereocenters. The van der Waals surface area contributed by atoms with Gasteiger partial charge in [0.15, 0.2) is 0 Å². The zero-order valence-electron chi connectivity index (χ0n) is 12.2. The first-order valence-corrected chi connectivity index (χ1v) is 8.64. The van der Waals surface area contributed by atoms with Crippen LogP contribution < -0.4 is 5.32 Å². The van der Waals surface area contributed by atoms with Gasteiger partial charge in [0.25, 0.3) is 0 Å². The fourth-order valence-electron chi connectivity index (χ4n) is 2.20. The van der Waals surface area contributed by atoms with E-state index in [1.807, 2.05) is 0 Å². The van der Waals surface area contributed by atoms with E-state index in [4.69, 9.17) is 0 Å². The molecule has 1 N–H and O–H groups in total. The van der Waals surface area contributed by atoms with Gasteiger partial charge in [-0.25, -0.2) is 13.4 Å². The van der Waals surface area contributed by atoms with Gasteiger partial charge < -0.3 is 5.32 Å². The molecule has 2 rings (SSSR count). The summed E-state index contributed by atoms with van der Waals surface area (Å²) >= 11 is 0. The molecule has 1 aliphatic rings. The highest BCUT2D eigenvalue weighted by Crippen LogP contribution is 2.20. The number of hydrogen-bond donors (Lipinski definition) is 1. The number of pyridine rings is 1. The molecule has 1 aliphatic heterocycles. The predicted octanol–water partition coefficient (Wildman–Crippen LogP) is 2.32. The van der Waals surface area contributed by atoms with Crippen LogP contribution in [-0.4, -0.2) is 37.3 Å². The fourth-order valence-corrected chi connectivity index (χ4v) is 3.67. The summed E-state index contributed by atoms with van der Waals surface area (Å²) in [4.78, 5) is 4.48. The van der Waals surface area contributed by atoms with E-state index in [2.05, 4.69) is 24.1 Å². The Morgan fingerprint density at radius 3 is 2.55 bits per heavy atom. The molecule has 1 aromatic rings. The molecule has 2 heterocycles. The van der Waals surface area contributed by atoms with Crippen molar-refractivity contribution < 1.29 is 8.42 Å². The van der Waals surface area contributed by atoms with E-state index in [1.165, 1.54) is 10.5 Å². The number of sulfonamides is 1. The summed E-state index contributed by atoms with van der Waals surface area (Å²) in [6.07, 6.45) is 4.41. The molecule has 20 heavy (non-hydrogen) atoms. The lowest BCUT2D eigenvalue weighted by Crippen LogP contribution is -2.27. The van der Waals surface area contributed by atoms with E-state index in [0.29, 0.717) is 19.0 Å². The molecule has 0 unspecified atom stereocenters. The Kier molecular flexibility index (Phi) is 4.99. The fraction of sp³-hybridized carbons (Fsp3) is 0.643. The molecule has 1 aromatic heterocycles. The quantitative estimate of drug-likeness (QED) is 0.875. The van der Waals surface area contributed by atoms with Crippen molar-refractivity contribution in [1.29, 1.82) is 0 Å². The zero-order chi connectivity index (χ0) is 14.6. The van der Waals surface area contributed by atoms with Crippen LogP contribution in [0.1, 0.15) is 33.1 Å². The average molecular weight is 297 g/mol. The number of aromatic nitrogens is 1. The van der Waals surface area contributed by atoms with Gasteiger partial charge >= 0.3 is 0 Å². The molecule has 1 saturated heterocycles. The van der Waals surface area contributed by atoms with E-state index in [9.17, 15) is 8.42 Å². The molecule has 112 valence electrons. The number of anilines is 1. The normalized spacial score (nSPS) is 16.8. The van der Waals surface area contributed by atoms with E-state index >= 15 is 0 Å². The summed E-state index contributed by atoms with van der Waals surface area (Å²) in [7, 11) is -3.35. The Hall–Kier alpha value is -1.14. The molecule has 0 saturated carbocycles. The van der Waals surface area contributed by atoms with Crippen molar-refractivity contribution in [1.82, 2.24) is 9.29 Å². The van der Waals surface area contributed by atoms with Gasteiger partial charge in [0, 0.05) is 25.8 Å². The van der Waals surface area contributed by atoms with E-state index in [1.54, 1.807) is 12.1 Å². The molecule has 0 aliphatic carbocycles. The van der Waals surface area contributed by atoms with Crippen LogP contribution in [0.15, 0.2) is 23.2 Å². The van der Waals surface area contributed by atoms with E-state index in [0.717, 1.165) is 31.6 Å². The minimum atomic E-state index is -3.35. The van der Waals surface area contributed by atoms with Gasteiger partial charge in [0.2, 0.25) is 10.0 Å². The van der Waals surface area contributed by atoms with Crippen LogP contribution in [-0.2, 0) is 10.0 Å². The van der Waals surface area contributed by atoms with Crippen molar-refractivity contribution >= 4 is 15.8 Å². The highest BCUT2D eigenvalue weighted by molar-refractivity contribution is 7.89. The average Bonchev–Trinajstić information content (AvgIpc) is 2.93. The molecule has 0 amide bonds. The van der Waals surface area contributed by atoms with E-state index < -0.39 is 10.0 Å². The highest BCUT2D eigenvalue weighted by atomic mass is 32.2. The Balaban J connectivity index is 2.00. The van der Waals surface area contributed by atoms with Crippen LogP contribution in [0, 0.1) is 5.92 Å². The van der Waals surface area contributed by atoms with Crippen LogP contribution in [0.3, 0.4) is 0 Å². The maximum Gasteiger partial charge on any atom is 0.244 e. The number of hydrogen-bond acceptors (Lipinski definition) is 4. The molecule has 0 bridgehead atoms. The first kappa shape index (κ1) is 15.3. The van der Waals surface area contributed by atoms with Gasteiger partial charge in [0.1, 0.15) is 10.7 Å².